The van der Waals surface area contributed by atoms with Crippen molar-refractivity contribution in [2.75, 3.05) is 33.4 Å². The first kappa shape index (κ1) is 43.2. The molecule has 7 heteroatoms. The minimum Gasteiger partial charge on any atom is -0.353 e. The molecule has 226 valence electrons. The fourth-order valence-electron chi connectivity index (χ4n) is 3.22. The highest BCUT2D eigenvalue weighted by Gasteiger charge is 2.09. The van der Waals surface area contributed by atoms with E-state index >= 15 is 0 Å². The van der Waals surface area contributed by atoms with Crippen molar-refractivity contribution < 1.29 is 0 Å². The van der Waals surface area contributed by atoms with Gasteiger partial charge in [0.2, 0.25) is 5.96 Å². The summed E-state index contributed by atoms with van der Waals surface area (Å²) in [5, 5.41) is 10.0. The molecule has 1 rings (SSSR count). The van der Waals surface area contributed by atoms with Gasteiger partial charge in [-0.2, -0.15) is 5.10 Å². The number of hydrazone groups is 1. The molecule has 0 aromatic rings. The van der Waals surface area contributed by atoms with Crippen LogP contribution in [0.5, 0.6) is 0 Å². The zero-order valence-corrected chi connectivity index (χ0v) is 27.3. The van der Waals surface area contributed by atoms with Crippen LogP contribution in [0.4, 0.5) is 0 Å². The van der Waals surface area contributed by atoms with E-state index in [1.165, 1.54) is 22.3 Å². The average Bonchev–Trinajstić information content (AvgIpc) is 3.46. The third kappa shape index (κ3) is 26.5. The highest BCUT2D eigenvalue weighted by atomic mass is 15.4. The fraction of sp³-hybridized carbons (Fsp3) is 0.562. The van der Waals surface area contributed by atoms with Crippen LogP contribution in [0.2, 0.25) is 0 Å². The van der Waals surface area contributed by atoms with Crippen molar-refractivity contribution in [1.29, 1.82) is 0 Å². The Morgan fingerprint density at radius 3 is 2.18 bits per heavy atom. The molecule has 0 aliphatic carbocycles. The maximum absolute atomic E-state index is 4.06. The Kier molecular flexibility index (Phi) is 38.8. The highest BCUT2D eigenvalue weighted by Crippen LogP contribution is 2.27. The van der Waals surface area contributed by atoms with Crippen LogP contribution in [0.1, 0.15) is 82.1 Å². The fourth-order valence-corrected chi connectivity index (χ4v) is 3.22. The van der Waals surface area contributed by atoms with Crippen LogP contribution in [-0.4, -0.2) is 45.5 Å². The molecule has 0 radical (unpaired) electrons. The van der Waals surface area contributed by atoms with E-state index in [4.69, 9.17) is 0 Å². The molecular formula is C32H63N7. The first-order chi connectivity index (χ1) is 18.8. The summed E-state index contributed by atoms with van der Waals surface area (Å²) in [6.45, 7) is 34.6. The van der Waals surface area contributed by atoms with Crippen LogP contribution in [0, 0.1) is 5.92 Å². The van der Waals surface area contributed by atoms with Crippen molar-refractivity contribution in [2.24, 2.45) is 16.0 Å². The summed E-state index contributed by atoms with van der Waals surface area (Å²) in [6, 6.07) is 0. The smallest absolute Gasteiger partial charge is 0.206 e. The summed E-state index contributed by atoms with van der Waals surface area (Å²) in [5.41, 5.74) is 13.9. The number of hydrogen-bond donors (Lipinski definition) is 5. The van der Waals surface area contributed by atoms with Crippen molar-refractivity contribution in [3.8, 4) is 0 Å². The Morgan fingerprint density at radius 2 is 1.77 bits per heavy atom. The number of nitrogens with zero attached hydrogens (tertiary/aromatic N) is 2. The van der Waals surface area contributed by atoms with Gasteiger partial charge in [-0.05, 0) is 68.4 Å². The van der Waals surface area contributed by atoms with Gasteiger partial charge in [-0.15, -0.1) is 13.2 Å². The van der Waals surface area contributed by atoms with Crippen molar-refractivity contribution in [3.63, 3.8) is 0 Å². The first-order valence-electron chi connectivity index (χ1n) is 14.3. The van der Waals surface area contributed by atoms with Gasteiger partial charge in [0.15, 0.2) is 0 Å². The minimum absolute atomic E-state index is 0.519. The predicted octanol–water partition coefficient (Wildman–Crippen LogP) is 7.04. The van der Waals surface area contributed by atoms with Crippen LogP contribution in [-0.2, 0) is 0 Å². The second-order valence-corrected chi connectivity index (χ2v) is 8.02. The average molecular weight is 546 g/mol. The molecule has 0 unspecified atom stereocenters. The molecule has 5 N–H and O–H groups in total. The number of hydrazine groups is 1. The summed E-state index contributed by atoms with van der Waals surface area (Å²) in [4.78, 5) is 4.06. The van der Waals surface area contributed by atoms with E-state index in [2.05, 4.69) is 130 Å². The van der Waals surface area contributed by atoms with Gasteiger partial charge in [-0.25, -0.2) is 5.43 Å². The molecular weight excluding hydrogens is 482 g/mol. The second-order valence-electron chi connectivity index (χ2n) is 8.02. The summed E-state index contributed by atoms with van der Waals surface area (Å²) in [7, 11) is 1.81. The van der Waals surface area contributed by atoms with E-state index < -0.39 is 0 Å². The summed E-state index contributed by atoms with van der Waals surface area (Å²) < 4.78 is 0. The SMILES string of the molecule is C=C.C=C\C=C/C(=C(C)/C(=C/C)C(/C)=C\CC)C(C)C.CC.CC/C=N/NCNCC.CNNC1=NCCN1. The van der Waals surface area contributed by atoms with Gasteiger partial charge in [-0.3, -0.25) is 21.2 Å². The lowest BCUT2D eigenvalue weighted by Crippen LogP contribution is -2.40. The zero-order valence-electron chi connectivity index (χ0n) is 27.3. The lowest BCUT2D eigenvalue weighted by molar-refractivity contribution is 0.623. The normalized spacial score (nSPS) is 13.3. The Labute approximate surface area is 242 Å². The summed E-state index contributed by atoms with van der Waals surface area (Å²) >= 11 is 0. The van der Waals surface area contributed by atoms with Crippen LogP contribution >= 0.6 is 0 Å². The number of guanidine groups is 1. The Bertz CT molecular complexity index is 742. The van der Waals surface area contributed by atoms with Gasteiger partial charge >= 0.3 is 0 Å². The molecule has 1 aliphatic heterocycles. The molecule has 0 saturated carbocycles. The monoisotopic (exact) mass is 546 g/mol. The minimum atomic E-state index is 0.519. The van der Waals surface area contributed by atoms with E-state index in [1.54, 1.807) is 0 Å². The molecule has 0 fully saturated rings. The van der Waals surface area contributed by atoms with Crippen LogP contribution in [0.15, 0.2) is 82.5 Å². The summed E-state index contributed by atoms with van der Waals surface area (Å²) in [6.07, 6.45) is 14.4. The lowest BCUT2D eigenvalue weighted by atomic mass is 9.89. The van der Waals surface area contributed by atoms with Crippen LogP contribution < -0.4 is 26.9 Å². The molecule has 0 aromatic carbocycles. The lowest BCUT2D eigenvalue weighted by Gasteiger charge is -2.16. The molecule has 39 heavy (non-hydrogen) atoms. The van der Waals surface area contributed by atoms with E-state index in [1.807, 2.05) is 39.3 Å². The maximum Gasteiger partial charge on any atom is 0.206 e. The number of nitrogens with one attached hydrogen (secondary N) is 5. The number of aliphatic imine (C=N–C) groups is 1. The first-order valence-corrected chi connectivity index (χ1v) is 14.3. The van der Waals surface area contributed by atoms with E-state index in [-0.39, 0.29) is 0 Å². The van der Waals surface area contributed by atoms with Gasteiger partial charge in [0.25, 0.3) is 0 Å². The topological polar surface area (TPSA) is 84.9 Å². The number of rotatable bonds is 12. The Balaban J connectivity index is -0.000000243. The Morgan fingerprint density at radius 1 is 1.13 bits per heavy atom. The van der Waals surface area contributed by atoms with E-state index in [9.17, 15) is 0 Å². The van der Waals surface area contributed by atoms with Crippen molar-refractivity contribution in [1.82, 2.24) is 26.9 Å². The predicted molar refractivity (Wildman–Crippen MR) is 180 cm³/mol. The molecule has 0 spiro atoms. The third-order valence-electron chi connectivity index (χ3n) is 4.83. The molecule has 0 atom stereocenters. The molecule has 0 amide bonds. The van der Waals surface area contributed by atoms with E-state index in [0.717, 1.165) is 45.1 Å². The van der Waals surface area contributed by atoms with Gasteiger partial charge in [0.05, 0.1) is 13.2 Å². The molecule has 0 bridgehead atoms. The van der Waals surface area contributed by atoms with Gasteiger partial charge in [0, 0.05) is 19.8 Å². The van der Waals surface area contributed by atoms with Crippen LogP contribution in [0.3, 0.4) is 0 Å². The third-order valence-corrected chi connectivity index (χ3v) is 4.83. The molecule has 7 nitrogen and oxygen atoms in total. The largest absolute Gasteiger partial charge is 0.353 e. The van der Waals surface area contributed by atoms with Gasteiger partial charge in [0.1, 0.15) is 0 Å². The van der Waals surface area contributed by atoms with Crippen molar-refractivity contribution in [2.45, 2.75) is 82.1 Å². The van der Waals surface area contributed by atoms with Crippen molar-refractivity contribution in [3.05, 3.63) is 72.4 Å². The number of allylic oxidation sites excluding steroid dienone is 9. The summed E-state index contributed by atoms with van der Waals surface area (Å²) in [5.74, 6) is 1.36. The van der Waals surface area contributed by atoms with Crippen LogP contribution in [0.25, 0.3) is 0 Å². The van der Waals surface area contributed by atoms with E-state index in [0.29, 0.717) is 5.92 Å². The molecule has 1 aliphatic rings. The second kappa shape index (κ2) is 35.1. The molecule has 1 heterocycles. The maximum atomic E-state index is 4.06. The number of hydrogen-bond acceptors (Lipinski definition) is 7. The standard InChI is InChI=1S/C18H28.C6H15N3.C4H10N4.C2H6.C2H4/c1-8-11-13-18(14(4)5)16(7)17(10-3)15(6)12-9-2;1-3-5-8-9-6-7-4-2;1-5-8-4-6-2-3-7-4;2*1-2/h8,10-14H,1,9H2,2-7H3;5,7,9H,3-4,6H2,1-2H3;5H,2-3H2,1H3,(H2,6,7,8);1-2H3;1-2H2/b13-11-,15-12-,17-10+,18-16-;8-5+;;;. The van der Waals surface area contributed by atoms with Crippen molar-refractivity contribution >= 4 is 12.2 Å². The van der Waals surface area contributed by atoms with Gasteiger partial charge in [-0.1, -0.05) is 85.4 Å². The quantitative estimate of drug-likeness (QED) is 0.0453. The Hall–Kier alpha value is -2.90. The zero-order chi connectivity index (χ0) is 30.9. The highest BCUT2D eigenvalue weighted by molar-refractivity contribution is 5.80. The molecule has 0 saturated heterocycles. The molecule has 0 aromatic heterocycles. The van der Waals surface area contributed by atoms with Gasteiger partial charge < -0.3 is 5.32 Å².